The molecule has 0 amide bonds. The summed E-state index contributed by atoms with van der Waals surface area (Å²) < 4.78 is 20.2. The fraction of sp³-hybridized carbons (Fsp3) is 0.0952. The molecule has 1 aromatic heterocycles. The molecule has 0 fully saturated rings. The summed E-state index contributed by atoms with van der Waals surface area (Å²) in [4.78, 5) is 36.2. The predicted molar refractivity (Wildman–Crippen MR) is 97.7 cm³/mol. The van der Waals surface area contributed by atoms with E-state index in [1.165, 1.54) is 43.7 Å². The van der Waals surface area contributed by atoms with Gasteiger partial charge in [-0.05, 0) is 48.5 Å². The lowest BCUT2D eigenvalue weighted by Gasteiger charge is -2.08. The zero-order valence-corrected chi connectivity index (χ0v) is 14.9. The van der Waals surface area contributed by atoms with Gasteiger partial charge in [-0.2, -0.15) is 0 Å². The SMILES string of the molecule is COc1ccccc1C(=O)OCC(=O)c1ccc(OC(=O)c2ccco2)cc1. The molecule has 0 saturated heterocycles. The van der Waals surface area contributed by atoms with Crippen molar-refractivity contribution in [3.8, 4) is 11.5 Å². The predicted octanol–water partition coefficient (Wildman–Crippen LogP) is 3.55. The molecule has 0 unspecified atom stereocenters. The van der Waals surface area contributed by atoms with Crippen molar-refractivity contribution in [2.45, 2.75) is 0 Å². The summed E-state index contributed by atoms with van der Waals surface area (Å²) in [6.07, 6.45) is 1.37. The van der Waals surface area contributed by atoms with E-state index in [2.05, 4.69) is 0 Å². The van der Waals surface area contributed by atoms with Crippen LogP contribution in [0.25, 0.3) is 0 Å². The van der Waals surface area contributed by atoms with Crippen molar-refractivity contribution in [3.05, 3.63) is 83.8 Å². The highest BCUT2D eigenvalue weighted by Gasteiger charge is 2.16. The molecular weight excluding hydrogens is 364 g/mol. The number of Topliss-reactive ketones (excluding diaryl/α,β-unsaturated/α-hetero) is 1. The Morgan fingerprint density at radius 1 is 0.893 bits per heavy atom. The van der Waals surface area contributed by atoms with Crippen molar-refractivity contribution >= 4 is 17.7 Å². The molecule has 0 spiro atoms. The fourth-order valence-electron chi connectivity index (χ4n) is 2.37. The van der Waals surface area contributed by atoms with Crippen molar-refractivity contribution < 1.29 is 33.0 Å². The molecule has 0 bridgehead atoms. The molecule has 142 valence electrons. The summed E-state index contributed by atoms with van der Waals surface area (Å²) in [6, 6.07) is 15.5. The molecule has 3 rings (SSSR count). The van der Waals surface area contributed by atoms with Crippen LogP contribution >= 0.6 is 0 Å². The van der Waals surface area contributed by atoms with Crippen LogP contribution in [0.15, 0.2) is 71.3 Å². The Morgan fingerprint density at radius 2 is 1.64 bits per heavy atom. The van der Waals surface area contributed by atoms with E-state index in [0.717, 1.165) is 0 Å². The number of furan rings is 1. The first-order valence-electron chi connectivity index (χ1n) is 8.27. The molecule has 28 heavy (non-hydrogen) atoms. The van der Waals surface area contributed by atoms with Crippen molar-refractivity contribution in [2.24, 2.45) is 0 Å². The van der Waals surface area contributed by atoms with Crippen LogP contribution in [-0.4, -0.2) is 31.4 Å². The van der Waals surface area contributed by atoms with E-state index in [-0.39, 0.29) is 17.1 Å². The van der Waals surface area contributed by atoms with E-state index in [0.29, 0.717) is 11.3 Å². The van der Waals surface area contributed by atoms with Crippen molar-refractivity contribution in [2.75, 3.05) is 13.7 Å². The average Bonchev–Trinajstić information content (AvgIpc) is 3.27. The van der Waals surface area contributed by atoms with Gasteiger partial charge in [0.25, 0.3) is 0 Å². The van der Waals surface area contributed by atoms with Gasteiger partial charge < -0.3 is 18.6 Å². The molecule has 3 aromatic rings. The summed E-state index contributed by atoms with van der Waals surface area (Å²) in [5, 5.41) is 0. The Labute approximate surface area is 160 Å². The summed E-state index contributed by atoms with van der Waals surface area (Å²) >= 11 is 0. The number of rotatable bonds is 7. The summed E-state index contributed by atoms with van der Waals surface area (Å²) in [7, 11) is 1.44. The van der Waals surface area contributed by atoms with Gasteiger partial charge in [-0.3, -0.25) is 4.79 Å². The quantitative estimate of drug-likeness (QED) is 0.352. The number of esters is 2. The van der Waals surface area contributed by atoms with Crippen molar-refractivity contribution in [1.29, 1.82) is 0 Å². The Kier molecular flexibility index (Phi) is 5.86. The van der Waals surface area contributed by atoms with Gasteiger partial charge in [0, 0.05) is 5.56 Å². The molecule has 0 N–H and O–H groups in total. The van der Waals surface area contributed by atoms with Gasteiger partial charge in [0.2, 0.25) is 5.76 Å². The third-order valence-corrected chi connectivity index (χ3v) is 3.77. The Balaban J connectivity index is 1.57. The third-order valence-electron chi connectivity index (χ3n) is 3.77. The smallest absolute Gasteiger partial charge is 0.379 e. The number of ether oxygens (including phenoxy) is 3. The number of ketones is 1. The maximum absolute atomic E-state index is 12.2. The molecule has 0 aliphatic heterocycles. The van der Waals surface area contributed by atoms with Crippen LogP contribution in [-0.2, 0) is 4.74 Å². The molecular formula is C21H16O7. The Hall–Kier alpha value is -3.87. The van der Waals surface area contributed by atoms with Crippen molar-refractivity contribution in [1.82, 2.24) is 0 Å². The highest BCUT2D eigenvalue weighted by atomic mass is 16.5. The van der Waals surface area contributed by atoms with E-state index in [9.17, 15) is 14.4 Å². The molecule has 0 atom stereocenters. The number of hydrogen-bond acceptors (Lipinski definition) is 7. The van der Waals surface area contributed by atoms with Crippen LogP contribution in [0.1, 0.15) is 31.3 Å². The number of carbonyl (C=O) groups is 3. The van der Waals surface area contributed by atoms with Crippen LogP contribution < -0.4 is 9.47 Å². The van der Waals surface area contributed by atoms with Crippen LogP contribution in [0.4, 0.5) is 0 Å². The van der Waals surface area contributed by atoms with Crippen LogP contribution in [0.2, 0.25) is 0 Å². The molecule has 0 aliphatic rings. The first-order valence-corrected chi connectivity index (χ1v) is 8.27. The summed E-state index contributed by atoms with van der Waals surface area (Å²) in [5.41, 5.74) is 0.545. The van der Waals surface area contributed by atoms with E-state index < -0.39 is 24.3 Å². The number of hydrogen-bond donors (Lipinski definition) is 0. The topological polar surface area (TPSA) is 92.0 Å². The molecule has 0 radical (unpaired) electrons. The van der Waals surface area contributed by atoms with Gasteiger partial charge in [0.15, 0.2) is 12.4 Å². The third kappa shape index (κ3) is 4.45. The maximum atomic E-state index is 12.2. The van der Waals surface area contributed by atoms with Crippen molar-refractivity contribution in [3.63, 3.8) is 0 Å². The number of methoxy groups -OCH3 is 1. The highest BCUT2D eigenvalue weighted by molar-refractivity contribution is 6.00. The second-order valence-electron chi connectivity index (χ2n) is 5.59. The molecule has 1 heterocycles. The number of benzene rings is 2. The van der Waals surface area contributed by atoms with E-state index in [1.54, 1.807) is 30.3 Å². The lowest BCUT2D eigenvalue weighted by Crippen LogP contribution is -2.15. The van der Waals surface area contributed by atoms with Crippen LogP contribution in [0.3, 0.4) is 0 Å². The summed E-state index contributed by atoms with van der Waals surface area (Å²) in [6.45, 7) is -0.428. The average molecular weight is 380 g/mol. The normalized spacial score (nSPS) is 10.2. The first-order chi connectivity index (χ1) is 13.6. The Bertz CT molecular complexity index is 972. The largest absolute Gasteiger partial charge is 0.496 e. The van der Waals surface area contributed by atoms with Gasteiger partial charge in [-0.15, -0.1) is 0 Å². The molecule has 2 aromatic carbocycles. The summed E-state index contributed by atoms with van der Waals surface area (Å²) in [5.74, 6) is -1.01. The number of para-hydroxylation sites is 1. The van der Waals surface area contributed by atoms with Crippen LogP contribution in [0, 0.1) is 0 Å². The second kappa shape index (κ2) is 8.68. The first kappa shape index (κ1) is 18.9. The monoisotopic (exact) mass is 380 g/mol. The lowest BCUT2D eigenvalue weighted by molar-refractivity contribution is 0.0471. The van der Waals surface area contributed by atoms with E-state index >= 15 is 0 Å². The van der Waals surface area contributed by atoms with Gasteiger partial charge in [0.1, 0.15) is 17.1 Å². The minimum absolute atomic E-state index is 0.0726. The molecule has 7 nitrogen and oxygen atoms in total. The maximum Gasteiger partial charge on any atom is 0.379 e. The Morgan fingerprint density at radius 3 is 2.32 bits per heavy atom. The van der Waals surface area contributed by atoms with E-state index in [1.807, 2.05) is 0 Å². The zero-order chi connectivity index (χ0) is 19.9. The fourth-order valence-corrected chi connectivity index (χ4v) is 2.37. The van der Waals surface area contributed by atoms with E-state index in [4.69, 9.17) is 18.6 Å². The highest BCUT2D eigenvalue weighted by Crippen LogP contribution is 2.19. The standard InChI is InChI=1S/C21H16O7/c1-25-18-6-3-2-5-16(18)20(23)27-13-17(22)14-8-10-15(11-9-14)28-21(24)19-7-4-12-26-19/h2-12H,13H2,1H3. The van der Waals surface area contributed by atoms with Crippen LogP contribution in [0.5, 0.6) is 11.5 Å². The zero-order valence-electron chi connectivity index (χ0n) is 14.9. The second-order valence-corrected chi connectivity index (χ2v) is 5.59. The minimum atomic E-state index is -0.658. The lowest BCUT2D eigenvalue weighted by atomic mass is 10.1. The molecule has 7 heteroatoms. The molecule has 0 aliphatic carbocycles. The van der Waals surface area contributed by atoms with Gasteiger partial charge in [-0.25, -0.2) is 9.59 Å². The number of carbonyl (C=O) groups excluding carboxylic acids is 3. The van der Waals surface area contributed by atoms with Gasteiger partial charge in [0.05, 0.1) is 13.4 Å². The van der Waals surface area contributed by atoms with Gasteiger partial charge >= 0.3 is 11.9 Å². The molecule has 0 saturated carbocycles. The van der Waals surface area contributed by atoms with Gasteiger partial charge in [-0.1, -0.05) is 12.1 Å². The minimum Gasteiger partial charge on any atom is -0.496 e.